The largest absolute Gasteiger partial charge is 0.411 e. The molecule has 0 heterocycles. The first-order valence-electron chi connectivity index (χ1n) is 4.81. The number of halogens is 3. The monoisotopic (exact) mass is 223 g/mol. The van der Waals surface area contributed by atoms with Gasteiger partial charge >= 0.3 is 6.18 Å². The average Bonchev–Trinajstić information content (AvgIpc) is 2.14. The van der Waals surface area contributed by atoms with Gasteiger partial charge in [-0.3, -0.25) is 0 Å². The molecule has 0 aliphatic rings. The van der Waals surface area contributed by atoms with E-state index < -0.39 is 12.8 Å². The summed E-state index contributed by atoms with van der Waals surface area (Å²) < 4.78 is 39.4. The van der Waals surface area contributed by atoms with Crippen molar-refractivity contribution in [2.24, 2.45) is 0 Å². The molecule has 15 heavy (non-hydrogen) atoms. The van der Waals surface area contributed by atoms with E-state index >= 15 is 0 Å². The first-order valence-corrected chi connectivity index (χ1v) is 4.81. The van der Waals surface area contributed by atoms with Crippen LogP contribution in [0, 0.1) is 12.3 Å². The van der Waals surface area contributed by atoms with E-state index in [2.05, 4.69) is 16.0 Å². The summed E-state index contributed by atoms with van der Waals surface area (Å²) in [6, 6.07) is 0.157. The molecule has 5 heteroatoms. The summed E-state index contributed by atoms with van der Waals surface area (Å²) in [6.45, 7) is 1.20. The van der Waals surface area contributed by atoms with Crippen LogP contribution in [0.4, 0.5) is 13.2 Å². The number of ether oxygens (including phenoxy) is 1. The second-order valence-electron chi connectivity index (χ2n) is 3.14. The Balaban J connectivity index is 3.41. The molecular weight excluding hydrogens is 207 g/mol. The molecule has 0 aromatic rings. The van der Waals surface area contributed by atoms with Crippen molar-refractivity contribution in [1.29, 1.82) is 0 Å². The predicted molar refractivity (Wildman–Crippen MR) is 52.4 cm³/mol. The smallest absolute Gasteiger partial charge is 0.371 e. The molecule has 0 fully saturated rings. The third-order valence-corrected chi connectivity index (χ3v) is 1.80. The quantitative estimate of drug-likeness (QED) is 0.526. The highest BCUT2D eigenvalue weighted by Gasteiger charge is 2.27. The highest BCUT2D eigenvalue weighted by molar-refractivity contribution is 4.89. The van der Waals surface area contributed by atoms with Gasteiger partial charge in [0, 0.05) is 19.0 Å². The van der Waals surface area contributed by atoms with E-state index in [0.717, 1.165) is 6.42 Å². The van der Waals surface area contributed by atoms with Gasteiger partial charge in [0.25, 0.3) is 0 Å². The van der Waals surface area contributed by atoms with Crippen molar-refractivity contribution in [2.75, 3.05) is 19.8 Å². The number of nitrogens with one attached hydrogen (secondary N) is 1. The fourth-order valence-electron chi connectivity index (χ4n) is 1.03. The van der Waals surface area contributed by atoms with Crippen molar-refractivity contribution in [3.63, 3.8) is 0 Å². The van der Waals surface area contributed by atoms with E-state index in [9.17, 15) is 13.2 Å². The summed E-state index contributed by atoms with van der Waals surface area (Å²) in [6.07, 6.45) is 2.31. The zero-order chi connectivity index (χ0) is 11.7. The van der Waals surface area contributed by atoms with Crippen molar-refractivity contribution >= 4 is 0 Å². The van der Waals surface area contributed by atoms with Crippen LogP contribution >= 0.6 is 0 Å². The third-order valence-electron chi connectivity index (χ3n) is 1.80. The van der Waals surface area contributed by atoms with Crippen molar-refractivity contribution in [3.8, 4) is 12.3 Å². The molecular formula is C10H16F3NO. The van der Waals surface area contributed by atoms with Crippen LogP contribution in [0.15, 0.2) is 0 Å². The minimum Gasteiger partial charge on any atom is -0.371 e. The van der Waals surface area contributed by atoms with Crippen molar-refractivity contribution < 1.29 is 17.9 Å². The van der Waals surface area contributed by atoms with Gasteiger partial charge in [0.1, 0.15) is 6.61 Å². The topological polar surface area (TPSA) is 21.3 Å². The maximum atomic E-state index is 11.7. The molecule has 1 atom stereocenters. The number of alkyl halides is 3. The molecule has 0 amide bonds. The summed E-state index contributed by atoms with van der Waals surface area (Å²) in [4.78, 5) is 0. The van der Waals surface area contributed by atoms with Gasteiger partial charge in [0.2, 0.25) is 0 Å². The Morgan fingerprint density at radius 3 is 2.60 bits per heavy atom. The zero-order valence-corrected chi connectivity index (χ0v) is 8.73. The fourth-order valence-corrected chi connectivity index (χ4v) is 1.03. The van der Waals surface area contributed by atoms with E-state index in [1.54, 1.807) is 0 Å². The van der Waals surface area contributed by atoms with E-state index in [4.69, 9.17) is 6.42 Å². The molecule has 88 valence electrons. The Labute approximate surface area is 88.2 Å². The van der Waals surface area contributed by atoms with Gasteiger partial charge in [-0.25, -0.2) is 0 Å². The van der Waals surface area contributed by atoms with Gasteiger partial charge in [-0.1, -0.05) is 6.92 Å². The Morgan fingerprint density at radius 2 is 2.13 bits per heavy atom. The lowest BCUT2D eigenvalue weighted by Gasteiger charge is -2.14. The first kappa shape index (κ1) is 14.3. The summed E-state index contributed by atoms with van der Waals surface area (Å²) >= 11 is 0. The molecule has 2 nitrogen and oxygen atoms in total. The molecule has 0 saturated carbocycles. The Bertz CT molecular complexity index is 198. The molecule has 1 unspecified atom stereocenters. The molecule has 0 aromatic carbocycles. The number of hydrogen-bond acceptors (Lipinski definition) is 2. The predicted octanol–water partition coefficient (Wildman–Crippen LogP) is 1.96. The highest BCUT2D eigenvalue weighted by Crippen LogP contribution is 2.13. The normalized spacial score (nSPS) is 13.5. The van der Waals surface area contributed by atoms with Gasteiger partial charge in [-0.15, -0.1) is 12.3 Å². The van der Waals surface area contributed by atoms with Gasteiger partial charge in [-0.05, 0) is 6.42 Å². The number of terminal acetylenes is 1. The number of hydrogen-bond donors (Lipinski definition) is 1. The molecule has 0 aliphatic heterocycles. The van der Waals surface area contributed by atoms with Crippen LogP contribution < -0.4 is 5.32 Å². The second kappa shape index (κ2) is 7.55. The van der Waals surface area contributed by atoms with Crippen molar-refractivity contribution in [3.05, 3.63) is 0 Å². The van der Waals surface area contributed by atoms with Crippen LogP contribution in [0.5, 0.6) is 0 Å². The summed E-state index contributed by atoms with van der Waals surface area (Å²) in [5.74, 6) is 2.50. The van der Waals surface area contributed by atoms with Gasteiger partial charge in [0.15, 0.2) is 0 Å². The maximum absolute atomic E-state index is 11.7. The SMILES string of the molecule is C#CCC(CC)NCCOCC(F)(F)F. The Hall–Kier alpha value is -0.730. The molecule has 0 saturated heterocycles. The van der Waals surface area contributed by atoms with Crippen molar-refractivity contribution in [2.45, 2.75) is 32.0 Å². The molecule has 0 radical (unpaired) electrons. The molecule has 0 spiro atoms. The van der Waals surface area contributed by atoms with E-state index in [1.807, 2.05) is 6.92 Å². The average molecular weight is 223 g/mol. The highest BCUT2D eigenvalue weighted by atomic mass is 19.4. The lowest BCUT2D eigenvalue weighted by atomic mass is 10.1. The number of rotatable bonds is 7. The first-order chi connectivity index (χ1) is 6.99. The van der Waals surface area contributed by atoms with E-state index in [1.165, 1.54) is 0 Å². The minimum atomic E-state index is -4.25. The van der Waals surface area contributed by atoms with Crippen molar-refractivity contribution in [1.82, 2.24) is 5.32 Å². The molecule has 0 bridgehead atoms. The van der Waals surface area contributed by atoms with Crippen LogP contribution in [0.25, 0.3) is 0 Å². The van der Waals surface area contributed by atoms with Gasteiger partial charge < -0.3 is 10.1 Å². The third kappa shape index (κ3) is 9.57. The lowest BCUT2D eigenvalue weighted by Crippen LogP contribution is -2.32. The maximum Gasteiger partial charge on any atom is 0.411 e. The summed E-state index contributed by atoms with van der Waals surface area (Å²) in [5, 5.41) is 3.02. The Morgan fingerprint density at radius 1 is 1.47 bits per heavy atom. The lowest BCUT2D eigenvalue weighted by molar-refractivity contribution is -0.173. The summed E-state index contributed by atoms with van der Waals surface area (Å²) in [7, 11) is 0. The summed E-state index contributed by atoms with van der Waals surface area (Å²) in [5.41, 5.74) is 0. The zero-order valence-electron chi connectivity index (χ0n) is 8.73. The fraction of sp³-hybridized carbons (Fsp3) is 0.800. The second-order valence-corrected chi connectivity index (χ2v) is 3.14. The standard InChI is InChI=1S/C10H16F3NO/c1-3-5-9(4-2)14-6-7-15-8-10(11,12)13/h1,9,14H,4-8H2,2H3. The molecule has 0 aromatic heterocycles. The van der Waals surface area contributed by atoms with Gasteiger partial charge in [-0.2, -0.15) is 13.2 Å². The van der Waals surface area contributed by atoms with Crippen LogP contribution in [0.2, 0.25) is 0 Å². The van der Waals surface area contributed by atoms with E-state index in [0.29, 0.717) is 13.0 Å². The molecule has 0 aliphatic carbocycles. The molecule has 1 N–H and O–H groups in total. The minimum absolute atomic E-state index is 0.0422. The van der Waals surface area contributed by atoms with E-state index in [-0.39, 0.29) is 12.6 Å². The molecule has 0 rings (SSSR count). The van der Waals surface area contributed by atoms with Crippen LogP contribution in [-0.4, -0.2) is 32.0 Å². The van der Waals surface area contributed by atoms with Crippen LogP contribution in [0.3, 0.4) is 0 Å². The Kier molecular flexibility index (Phi) is 7.18. The van der Waals surface area contributed by atoms with Gasteiger partial charge in [0.05, 0.1) is 6.61 Å². The van der Waals surface area contributed by atoms with Crippen LogP contribution in [-0.2, 0) is 4.74 Å². The van der Waals surface area contributed by atoms with Crippen LogP contribution in [0.1, 0.15) is 19.8 Å².